The number of primary amides is 1. The Hall–Kier alpha value is -3.07. The van der Waals surface area contributed by atoms with Crippen LogP contribution in [0.2, 0.25) is 0 Å². The molecule has 9 heteroatoms. The van der Waals surface area contributed by atoms with E-state index in [-0.39, 0.29) is 5.69 Å². The zero-order chi connectivity index (χ0) is 21.4. The molecule has 0 bridgehead atoms. The van der Waals surface area contributed by atoms with E-state index in [9.17, 15) is 4.79 Å². The first kappa shape index (κ1) is 19.9. The third-order valence-electron chi connectivity index (χ3n) is 6.32. The van der Waals surface area contributed by atoms with Crippen molar-refractivity contribution in [2.75, 3.05) is 61.5 Å². The molecule has 0 unspecified atom stereocenters. The van der Waals surface area contributed by atoms with Gasteiger partial charge in [-0.15, -0.1) is 0 Å². The lowest BCUT2D eigenvalue weighted by molar-refractivity contribution is 0.0996. The Balaban J connectivity index is 1.41. The van der Waals surface area contributed by atoms with E-state index in [0.29, 0.717) is 18.5 Å². The standard InChI is InChI=1S/C22H29N7O2/c1-27-9-10-29-16(13-27)14-31-18-11-15(5-6-17(18)29)25-22-20(21(23)30)24-12-19(26-22)28-7-3-2-4-8-28/h5-6,11-12,16H,2-4,7-10,13-14H2,1H3,(H2,23,30)(H,25,26)/t16-/m0/s1. The number of hydrogen-bond donors (Lipinski definition) is 2. The van der Waals surface area contributed by atoms with Crippen LogP contribution in [-0.4, -0.2) is 73.2 Å². The van der Waals surface area contributed by atoms with Crippen LogP contribution >= 0.6 is 0 Å². The fourth-order valence-electron chi connectivity index (χ4n) is 4.66. The maximum absolute atomic E-state index is 11.9. The Labute approximate surface area is 182 Å². The van der Waals surface area contributed by atoms with Crippen LogP contribution in [-0.2, 0) is 0 Å². The number of nitrogens with two attached hydrogens (primary N) is 1. The van der Waals surface area contributed by atoms with Gasteiger partial charge < -0.3 is 30.5 Å². The van der Waals surface area contributed by atoms with Crippen molar-refractivity contribution >= 4 is 28.9 Å². The smallest absolute Gasteiger partial charge is 0.271 e. The number of piperazine rings is 1. The highest BCUT2D eigenvalue weighted by atomic mass is 16.5. The average molecular weight is 424 g/mol. The zero-order valence-corrected chi connectivity index (χ0v) is 17.9. The lowest BCUT2D eigenvalue weighted by atomic mass is 10.1. The Morgan fingerprint density at radius 3 is 2.84 bits per heavy atom. The van der Waals surface area contributed by atoms with E-state index in [4.69, 9.17) is 15.5 Å². The monoisotopic (exact) mass is 423 g/mol. The van der Waals surface area contributed by atoms with Crippen molar-refractivity contribution in [3.63, 3.8) is 0 Å². The number of likely N-dealkylation sites (N-methyl/N-ethyl adjacent to an activating group) is 1. The number of aromatic nitrogens is 2. The van der Waals surface area contributed by atoms with E-state index in [0.717, 1.165) is 68.5 Å². The van der Waals surface area contributed by atoms with Crippen molar-refractivity contribution in [3.8, 4) is 5.75 Å². The predicted octanol–water partition coefficient (Wildman–Crippen LogP) is 1.82. The third-order valence-corrected chi connectivity index (χ3v) is 6.32. The Kier molecular flexibility index (Phi) is 5.27. The van der Waals surface area contributed by atoms with Gasteiger partial charge in [0.15, 0.2) is 11.5 Å². The van der Waals surface area contributed by atoms with E-state index < -0.39 is 5.91 Å². The second-order valence-electron chi connectivity index (χ2n) is 8.57. The van der Waals surface area contributed by atoms with Gasteiger partial charge in [0, 0.05) is 44.5 Å². The number of anilines is 4. The van der Waals surface area contributed by atoms with Gasteiger partial charge in [0.05, 0.1) is 17.9 Å². The highest BCUT2D eigenvalue weighted by Gasteiger charge is 2.31. The lowest BCUT2D eigenvalue weighted by Crippen LogP contribution is -2.56. The van der Waals surface area contributed by atoms with Crippen molar-refractivity contribution in [2.24, 2.45) is 5.73 Å². The molecular weight excluding hydrogens is 394 g/mol. The normalized spacial score (nSPS) is 21.1. The number of amides is 1. The summed E-state index contributed by atoms with van der Waals surface area (Å²) in [6.45, 7) is 5.58. The highest BCUT2D eigenvalue weighted by molar-refractivity contribution is 5.96. The third kappa shape index (κ3) is 3.97. The molecule has 3 aliphatic rings. The minimum Gasteiger partial charge on any atom is -0.489 e. The summed E-state index contributed by atoms with van der Waals surface area (Å²) < 4.78 is 6.07. The first-order valence-corrected chi connectivity index (χ1v) is 11.0. The minimum atomic E-state index is -0.602. The molecule has 31 heavy (non-hydrogen) atoms. The van der Waals surface area contributed by atoms with Crippen LogP contribution in [0.5, 0.6) is 5.75 Å². The molecule has 0 saturated carbocycles. The summed E-state index contributed by atoms with van der Waals surface area (Å²) in [4.78, 5) is 27.9. The number of ether oxygens (including phenoxy) is 1. The number of fused-ring (bicyclic) bond motifs is 3. The van der Waals surface area contributed by atoms with Crippen molar-refractivity contribution in [1.29, 1.82) is 0 Å². The average Bonchev–Trinajstić information content (AvgIpc) is 2.79. The van der Waals surface area contributed by atoms with Crippen LogP contribution in [0.3, 0.4) is 0 Å². The summed E-state index contributed by atoms with van der Waals surface area (Å²) in [5, 5.41) is 3.25. The fraction of sp³-hybridized carbons (Fsp3) is 0.500. The van der Waals surface area contributed by atoms with Crippen molar-refractivity contribution in [2.45, 2.75) is 25.3 Å². The van der Waals surface area contributed by atoms with Crippen LogP contribution < -0.4 is 25.6 Å². The summed E-state index contributed by atoms with van der Waals surface area (Å²) in [7, 11) is 2.15. The number of nitrogens with one attached hydrogen (secondary N) is 1. The molecule has 9 nitrogen and oxygen atoms in total. The van der Waals surface area contributed by atoms with E-state index in [1.807, 2.05) is 12.1 Å². The number of nitrogens with zero attached hydrogens (tertiary/aromatic N) is 5. The molecule has 1 aromatic carbocycles. The van der Waals surface area contributed by atoms with Gasteiger partial charge >= 0.3 is 0 Å². The summed E-state index contributed by atoms with van der Waals surface area (Å²) in [6, 6.07) is 6.40. The molecule has 4 heterocycles. The van der Waals surface area contributed by atoms with E-state index in [1.54, 1.807) is 6.20 Å². The topological polar surface area (TPSA) is 99.9 Å². The molecule has 1 amide bonds. The van der Waals surface area contributed by atoms with Crippen molar-refractivity contribution in [3.05, 3.63) is 30.1 Å². The van der Waals surface area contributed by atoms with E-state index in [1.165, 1.54) is 6.42 Å². The summed E-state index contributed by atoms with van der Waals surface area (Å²) >= 11 is 0. The van der Waals surface area contributed by atoms with Crippen LogP contribution in [0.4, 0.5) is 23.0 Å². The fourth-order valence-corrected chi connectivity index (χ4v) is 4.66. The van der Waals surface area contributed by atoms with Gasteiger partial charge in [-0.2, -0.15) is 0 Å². The number of carbonyl (C=O) groups excluding carboxylic acids is 1. The summed E-state index contributed by atoms with van der Waals surface area (Å²) in [5.41, 5.74) is 7.60. The maximum Gasteiger partial charge on any atom is 0.271 e. The quantitative estimate of drug-likeness (QED) is 0.768. The van der Waals surface area contributed by atoms with Crippen LogP contribution in [0.15, 0.2) is 24.4 Å². The molecule has 2 fully saturated rings. The van der Waals surface area contributed by atoms with Crippen LogP contribution in [0.25, 0.3) is 0 Å². The first-order chi connectivity index (χ1) is 15.1. The number of carbonyl (C=O) groups is 1. The van der Waals surface area contributed by atoms with Gasteiger partial charge in [-0.1, -0.05) is 0 Å². The molecule has 164 valence electrons. The lowest BCUT2D eigenvalue weighted by Gasteiger charge is -2.44. The Bertz CT molecular complexity index is 976. The van der Waals surface area contributed by atoms with Gasteiger partial charge in [0.25, 0.3) is 5.91 Å². The van der Waals surface area contributed by atoms with Crippen molar-refractivity contribution < 1.29 is 9.53 Å². The van der Waals surface area contributed by atoms with Gasteiger partial charge in [-0.3, -0.25) is 4.79 Å². The molecular formula is C22H29N7O2. The molecule has 0 spiro atoms. The van der Waals surface area contributed by atoms with Crippen molar-refractivity contribution in [1.82, 2.24) is 14.9 Å². The highest BCUT2D eigenvalue weighted by Crippen LogP contribution is 2.38. The molecule has 3 N–H and O–H groups in total. The number of rotatable bonds is 4. The van der Waals surface area contributed by atoms with Gasteiger partial charge in [0.1, 0.15) is 18.2 Å². The maximum atomic E-state index is 11.9. The predicted molar refractivity (Wildman–Crippen MR) is 120 cm³/mol. The largest absolute Gasteiger partial charge is 0.489 e. The molecule has 2 saturated heterocycles. The molecule has 0 aliphatic carbocycles. The first-order valence-electron chi connectivity index (χ1n) is 11.0. The molecule has 0 radical (unpaired) electrons. The van der Waals surface area contributed by atoms with Gasteiger partial charge in [-0.05, 0) is 38.4 Å². The second kappa shape index (κ2) is 8.22. The summed E-state index contributed by atoms with van der Waals surface area (Å²) in [6.07, 6.45) is 5.15. The molecule has 1 aromatic heterocycles. The van der Waals surface area contributed by atoms with E-state index >= 15 is 0 Å². The number of benzene rings is 1. The molecule has 1 atom stereocenters. The van der Waals surface area contributed by atoms with Gasteiger partial charge in [0.2, 0.25) is 0 Å². The Morgan fingerprint density at radius 1 is 1.19 bits per heavy atom. The van der Waals surface area contributed by atoms with Gasteiger partial charge in [-0.25, -0.2) is 9.97 Å². The minimum absolute atomic E-state index is 0.138. The Morgan fingerprint density at radius 2 is 2.03 bits per heavy atom. The van der Waals surface area contributed by atoms with Crippen LogP contribution in [0.1, 0.15) is 29.8 Å². The number of hydrogen-bond acceptors (Lipinski definition) is 8. The second-order valence-corrected chi connectivity index (χ2v) is 8.57. The zero-order valence-electron chi connectivity index (χ0n) is 17.9. The van der Waals surface area contributed by atoms with Crippen LogP contribution in [0, 0.1) is 0 Å². The van der Waals surface area contributed by atoms with E-state index in [2.05, 4.69) is 38.1 Å². The molecule has 5 rings (SSSR count). The molecule has 3 aliphatic heterocycles. The molecule has 2 aromatic rings. The summed E-state index contributed by atoms with van der Waals surface area (Å²) in [5.74, 6) is 1.38. The SMILES string of the molecule is CN1CCN2c3ccc(Nc4nc(N5CCCCC5)cnc4C(N)=O)cc3OC[C@@H]2C1. The number of piperidine rings is 1.